The van der Waals surface area contributed by atoms with Crippen LogP contribution in [-0.2, 0) is 13.6 Å². The Bertz CT molecular complexity index is 1000. The third-order valence-corrected chi connectivity index (χ3v) is 4.01. The van der Waals surface area contributed by atoms with Gasteiger partial charge in [-0.05, 0) is 30.3 Å². The van der Waals surface area contributed by atoms with Crippen molar-refractivity contribution in [3.05, 3.63) is 54.9 Å². The van der Waals surface area contributed by atoms with Crippen molar-refractivity contribution in [2.24, 2.45) is 7.05 Å². The van der Waals surface area contributed by atoms with Crippen molar-refractivity contribution in [1.82, 2.24) is 29.4 Å². The summed E-state index contributed by atoms with van der Waals surface area (Å²) in [6.07, 6.45) is 5.28. The van der Waals surface area contributed by atoms with Crippen LogP contribution in [0.3, 0.4) is 0 Å². The summed E-state index contributed by atoms with van der Waals surface area (Å²) in [5.41, 5.74) is 3.32. The van der Waals surface area contributed by atoms with Crippen LogP contribution in [0, 0.1) is 0 Å². The Morgan fingerprint density at radius 3 is 2.76 bits per heavy atom. The van der Waals surface area contributed by atoms with Crippen molar-refractivity contribution >= 4 is 11.3 Å². The molecule has 0 radical (unpaired) electrons. The molecule has 0 spiro atoms. The number of nitrogens with zero attached hydrogens (tertiary/aromatic N) is 6. The van der Waals surface area contributed by atoms with Crippen molar-refractivity contribution in [2.75, 3.05) is 12.4 Å². The van der Waals surface area contributed by atoms with Crippen LogP contribution >= 0.6 is 0 Å². The van der Waals surface area contributed by atoms with Gasteiger partial charge in [0.2, 0.25) is 5.65 Å². The second-order valence-corrected chi connectivity index (χ2v) is 5.58. The lowest BCUT2D eigenvalue weighted by atomic mass is 10.1. The summed E-state index contributed by atoms with van der Waals surface area (Å²) in [5, 5.41) is 16.1. The molecule has 0 unspecified atom stereocenters. The molecule has 0 saturated carbocycles. The highest BCUT2D eigenvalue weighted by Gasteiger charge is 2.10. The fraction of sp³-hybridized carbons (Fsp3) is 0.176. The number of fused-ring (bicyclic) bond motifs is 1. The molecule has 3 heterocycles. The molecule has 0 amide bonds. The van der Waals surface area contributed by atoms with Gasteiger partial charge in [-0.1, -0.05) is 0 Å². The molecule has 0 aliphatic rings. The lowest BCUT2D eigenvalue weighted by Crippen LogP contribution is -2.08. The van der Waals surface area contributed by atoms with Gasteiger partial charge in [0.15, 0.2) is 0 Å². The minimum absolute atomic E-state index is 0.581. The first-order valence-electron chi connectivity index (χ1n) is 7.80. The first-order valence-corrected chi connectivity index (χ1v) is 7.80. The molecule has 4 rings (SSSR count). The average Bonchev–Trinajstić information content (AvgIpc) is 3.28. The van der Waals surface area contributed by atoms with Gasteiger partial charge in [-0.3, -0.25) is 0 Å². The Labute approximate surface area is 144 Å². The van der Waals surface area contributed by atoms with E-state index in [1.807, 2.05) is 48.1 Å². The van der Waals surface area contributed by atoms with E-state index < -0.39 is 0 Å². The number of imidazole rings is 1. The number of benzene rings is 1. The van der Waals surface area contributed by atoms with Crippen molar-refractivity contribution in [1.29, 1.82) is 0 Å². The topological polar surface area (TPSA) is 82.2 Å². The van der Waals surface area contributed by atoms with Crippen LogP contribution in [0.1, 0.15) is 5.82 Å². The smallest absolute Gasteiger partial charge is 0.200 e. The Morgan fingerprint density at radius 1 is 1.20 bits per heavy atom. The second-order valence-electron chi connectivity index (χ2n) is 5.58. The first kappa shape index (κ1) is 15.1. The highest BCUT2D eigenvalue weighted by molar-refractivity contribution is 5.73. The summed E-state index contributed by atoms with van der Waals surface area (Å²) in [7, 11) is 3.61. The maximum atomic E-state index is 5.21. The highest BCUT2D eigenvalue weighted by atomic mass is 16.5. The molecule has 0 bridgehead atoms. The van der Waals surface area contributed by atoms with E-state index in [0.29, 0.717) is 12.2 Å². The zero-order valence-corrected chi connectivity index (χ0v) is 13.9. The molecule has 25 heavy (non-hydrogen) atoms. The van der Waals surface area contributed by atoms with Crippen molar-refractivity contribution in [3.63, 3.8) is 0 Å². The number of aryl methyl sites for hydroxylation is 1. The summed E-state index contributed by atoms with van der Waals surface area (Å²) < 4.78 is 8.85. The van der Waals surface area contributed by atoms with Crippen molar-refractivity contribution in [2.45, 2.75) is 6.54 Å². The van der Waals surface area contributed by atoms with Crippen LogP contribution < -0.4 is 10.1 Å². The predicted molar refractivity (Wildman–Crippen MR) is 93.3 cm³/mol. The number of nitrogens with one attached hydrogen (secondary N) is 1. The quantitative estimate of drug-likeness (QED) is 0.602. The van der Waals surface area contributed by atoms with Gasteiger partial charge in [0, 0.05) is 25.0 Å². The summed E-state index contributed by atoms with van der Waals surface area (Å²) >= 11 is 0. The summed E-state index contributed by atoms with van der Waals surface area (Å²) in [4.78, 5) is 4.33. The van der Waals surface area contributed by atoms with Gasteiger partial charge in [0.25, 0.3) is 0 Å². The molecule has 0 atom stereocenters. The fourth-order valence-electron chi connectivity index (χ4n) is 2.60. The SMILES string of the molecule is COc1ccc(-c2cc(NCc3nccn3C)c3nncn3n2)cc1. The highest BCUT2D eigenvalue weighted by Crippen LogP contribution is 2.25. The standard InChI is InChI=1S/C17H17N7O/c1-23-8-7-18-16(23)10-19-15-9-14(22-24-11-20-21-17(15)24)12-3-5-13(25-2)6-4-12/h3-9,11,19H,10H2,1-2H3. The number of anilines is 1. The van der Waals surface area contributed by atoms with Gasteiger partial charge >= 0.3 is 0 Å². The lowest BCUT2D eigenvalue weighted by molar-refractivity contribution is 0.415. The maximum Gasteiger partial charge on any atom is 0.200 e. The zero-order valence-electron chi connectivity index (χ0n) is 13.9. The van der Waals surface area contributed by atoms with Crippen LogP contribution in [0.25, 0.3) is 16.9 Å². The van der Waals surface area contributed by atoms with E-state index in [9.17, 15) is 0 Å². The molecule has 8 nitrogen and oxygen atoms in total. The van der Waals surface area contributed by atoms with Gasteiger partial charge in [-0.15, -0.1) is 10.2 Å². The number of methoxy groups -OCH3 is 1. The molecular weight excluding hydrogens is 318 g/mol. The minimum Gasteiger partial charge on any atom is -0.497 e. The van der Waals surface area contributed by atoms with Gasteiger partial charge in [-0.25, -0.2) is 4.98 Å². The Kier molecular flexibility index (Phi) is 3.77. The van der Waals surface area contributed by atoms with E-state index >= 15 is 0 Å². The Morgan fingerprint density at radius 2 is 2.04 bits per heavy atom. The molecule has 1 aromatic carbocycles. The monoisotopic (exact) mass is 335 g/mol. The number of rotatable bonds is 5. The van der Waals surface area contributed by atoms with E-state index in [4.69, 9.17) is 4.74 Å². The molecule has 126 valence electrons. The molecular formula is C17H17N7O. The first-order chi connectivity index (χ1) is 12.2. The predicted octanol–water partition coefficient (Wildman–Crippen LogP) is 2.15. The average molecular weight is 335 g/mol. The molecule has 4 aromatic rings. The van der Waals surface area contributed by atoms with Crippen LogP contribution in [0.5, 0.6) is 5.75 Å². The van der Waals surface area contributed by atoms with E-state index in [2.05, 4.69) is 25.6 Å². The molecule has 0 saturated heterocycles. The van der Waals surface area contributed by atoms with E-state index in [-0.39, 0.29) is 0 Å². The summed E-state index contributed by atoms with van der Waals surface area (Å²) in [6, 6.07) is 9.73. The molecule has 3 aromatic heterocycles. The number of ether oxygens (including phenoxy) is 1. The fourth-order valence-corrected chi connectivity index (χ4v) is 2.60. The van der Waals surface area contributed by atoms with E-state index in [0.717, 1.165) is 28.5 Å². The van der Waals surface area contributed by atoms with Crippen molar-refractivity contribution in [3.8, 4) is 17.0 Å². The van der Waals surface area contributed by atoms with E-state index in [1.54, 1.807) is 24.1 Å². The normalized spacial score (nSPS) is 11.0. The third-order valence-electron chi connectivity index (χ3n) is 4.01. The molecule has 0 aliphatic heterocycles. The minimum atomic E-state index is 0.581. The van der Waals surface area contributed by atoms with Gasteiger partial charge in [-0.2, -0.15) is 9.61 Å². The third kappa shape index (κ3) is 2.89. The Balaban J connectivity index is 1.70. The molecule has 8 heteroatoms. The number of hydrogen-bond donors (Lipinski definition) is 1. The number of aromatic nitrogens is 6. The molecule has 0 aliphatic carbocycles. The maximum absolute atomic E-state index is 5.21. The Hall–Kier alpha value is -3.42. The van der Waals surface area contributed by atoms with E-state index in [1.165, 1.54) is 0 Å². The van der Waals surface area contributed by atoms with Gasteiger partial charge in [0.05, 0.1) is 25.0 Å². The second kappa shape index (κ2) is 6.23. The number of hydrogen-bond acceptors (Lipinski definition) is 6. The van der Waals surface area contributed by atoms with Crippen LogP contribution in [0.15, 0.2) is 49.1 Å². The lowest BCUT2D eigenvalue weighted by Gasteiger charge is -2.10. The summed E-state index contributed by atoms with van der Waals surface area (Å²) in [5.74, 6) is 1.74. The molecule has 1 N–H and O–H groups in total. The van der Waals surface area contributed by atoms with Crippen LogP contribution in [0.2, 0.25) is 0 Å². The largest absolute Gasteiger partial charge is 0.497 e. The zero-order chi connectivity index (χ0) is 17.2. The van der Waals surface area contributed by atoms with Gasteiger partial charge < -0.3 is 14.6 Å². The summed E-state index contributed by atoms with van der Waals surface area (Å²) in [6.45, 7) is 0.581. The van der Waals surface area contributed by atoms with Crippen molar-refractivity contribution < 1.29 is 4.74 Å². The van der Waals surface area contributed by atoms with Crippen LogP contribution in [0.4, 0.5) is 5.69 Å². The van der Waals surface area contributed by atoms with Gasteiger partial charge in [0.1, 0.15) is 17.9 Å². The van der Waals surface area contributed by atoms with Crippen LogP contribution in [-0.4, -0.2) is 36.5 Å². The molecule has 0 fully saturated rings.